The summed E-state index contributed by atoms with van der Waals surface area (Å²) in [7, 11) is 0. The van der Waals surface area contributed by atoms with Gasteiger partial charge < -0.3 is 5.32 Å². The van der Waals surface area contributed by atoms with E-state index in [1.54, 1.807) is 0 Å². The van der Waals surface area contributed by atoms with Gasteiger partial charge in [0.15, 0.2) is 0 Å². The van der Waals surface area contributed by atoms with Crippen LogP contribution in [0.1, 0.15) is 37.5 Å². The summed E-state index contributed by atoms with van der Waals surface area (Å²) in [6.07, 6.45) is 5.89. The molecule has 17 heavy (non-hydrogen) atoms. The van der Waals surface area contributed by atoms with Crippen molar-refractivity contribution < 1.29 is 0 Å². The van der Waals surface area contributed by atoms with Crippen LogP contribution in [-0.2, 0) is 6.54 Å². The Kier molecular flexibility index (Phi) is 5.89. The fourth-order valence-electron chi connectivity index (χ4n) is 2.35. The lowest BCUT2D eigenvalue weighted by Crippen LogP contribution is -2.22. The molecule has 0 radical (unpaired) electrons. The van der Waals surface area contributed by atoms with Crippen molar-refractivity contribution in [1.29, 1.82) is 0 Å². The molecule has 1 atom stereocenters. The number of hydrogen-bond acceptors (Lipinski definition) is 3. The number of hydrogen-bond donors (Lipinski definition) is 1. The van der Waals surface area contributed by atoms with Gasteiger partial charge in [-0.25, -0.2) is 0 Å². The highest BCUT2D eigenvalue weighted by atomic mass is 32.2. The summed E-state index contributed by atoms with van der Waals surface area (Å²) in [5, 5.41) is 6.45. The number of thioether (sulfide) groups is 1. The summed E-state index contributed by atoms with van der Waals surface area (Å²) < 4.78 is 0. The van der Waals surface area contributed by atoms with Crippen molar-refractivity contribution in [3.63, 3.8) is 0 Å². The van der Waals surface area contributed by atoms with Crippen LogP contribution in [0.5, 0.6) is 0 Å². The van der Waals surface area contributed by atoms with E-state index >= 15 is 0 Å². The van der Waals surface area contributed by atoms with E-state index in [0.29, 0.717) is 0 Å². The maximum atomic E-state index is 3.55. The Bertz CT molecular complexity index is 291. The van der Waals surface area contributed by atoms with E-state index < -0.39 is 0 Å². The Labute approximate surface area is 113 Å². The van der Waals surface area contributed by atoms with Crippen LogP contribution in [0.4, 0.5) is 0 Å². The maximum Gasteiger partial charge on any atom is 0.0300 e. The van der Waals surface area contributed by atoms with Crippen LogP contribution in [0.2, 0.25) is 0 Å². The molecular formula is C14H23NS2. The standard InChI is InChI=1S/C14H23NS2/c1-12(17-11-13-5-2-3-6-13)9-15-10-14-7-4-8-16-14/h4,7-8,12-13,15H,2-3,5-6,9-11H2,1H3. The van der Waals surface area contributed by atoms with Gasteiger partial charge in [0.2, 0.25) is 0 Å². The van der Waals surface area contributed by atoms with Gasteiger partial charge in [0.25, 0.3) is 0 Å². The molecule has 0 saturated heterocycles. The molecule has 0 spiro atoms. The summed E-state index contributed by atoms with van der Waals surface area (Å²) >= 11 is 3.99. The second-order valence-corrected chi connectivity index (χ2v) is 7.51. The van der Waals surface area contributed by atoms with E-state index in [0.717, 1.165) is 24.3 Å². The van der Waals surface area contributed by atoms with Gasteiger partial charge in [-0.15, -0.1) is 11.3 Å². The lowest BCUT2D eigenvalue weighted by Gasteiger charge is -2.14. The summed E-state index contributed by atoms with van der Waals surface area (Å²) in [5.74, 6) is 2.39. The van der Waals surface area contributed by atoms with Gasteiger partial charge in [0, 0.05) is 23.2 Å². The molecule has 1 nitrogen and oxygen atoms in total. The van der Waals surface area contributed by atoms with Gasteiger partial charge in [-0.3, -0.25) is 0 Å². The molecule has 1 N–H and O–H groups in total. The predicted molar refractivity (Wildman–Crippen MR) is 79.9 cm³/mol. The van der Waals surface area contributed by atoms with Crippen molar-refractivity contribution in [2.24, 2.45) is 5.92 Å². The van der Waals surface area contributed by atoms with Gasteiger partial charge >= 0.3 is 0 Å². The van der Waals surface area contributed by atoms with Gasteiger partial charge in [0.1, 0.15) is 0 Å². The molecule has 1 aliphatic rings. The molecule has 0 bridgehead atoms. The Morgan fingerprint density at radius 3 is 3.00 bits per heavy atom. The van der Waals surface area contributed by atoms with Gasteiger partial charge in [-0.05, 0) is 36.0 Å². The van der Waals surface area contributed by atoms with Crippen LogP contribution in [-0.4, -0.2) is 17.5 Å². The van der Waals surface area contributed by atoms with E-state index in [9.17, 15) is 0 Å². The average Bonchev–Trinajstić information content (AvgIpc) is 2.99. The summed E-state index contributed by atoms with van der Waals surface area (Å²) in [6.45, 7) is 4.52. The molecule has 3 heteroatoms. The Morgan fingerprint density at radius 2 is 2.29 bits per heavy atom. The lowest BCUT2D eigenvalue weighted by atomic mass is 10.1. The zero-order valence-electron chi connectivity index (χ0n) is 10.7. The van der Waals surface area contributed by atoms with Crippen molar-refractivity contribution in [1.82, 2.24) is 5.32 Å². The van der Waals surface area contributed by atoms with Crippen LogP contribution >= 0.6 is 23.1 Å². The van der Waals surface area contributed by atoms with E-state index in [2.05, 4.69) is 41.5 Å². The topological polar surface area (TPSA) is 12.0 Å². The molecule has 1 aliphatic carbocycles. The third-order valence-electron chi connectivity index (χ3n) is 3.40. The van der Waals surface area contributed by atoms with Crippen molar-refractivity contribution in [2.75, 3.05) is 12.3 Å². The van der Waals surface area contributed by atoms with Crippen LogP contribution in [0.15, 0.2) is 17.5 Å². The minimum atomic E-state index is 0.746. The van der Waals surface area contributed by atoms with Crippen LogP contribution in [0, 0.1) is 5.92 Å². The maximum absolute atomic E-state index is 3.55. The highest BCUT2D eigenvalue weighted by Crippen LogP contribution is 2.29. The molecule has 0 amide bonds. The molecule has 2 rings (SSSR count). The first kappa shape index (κ1) is 13.4. The predicted octanol–water partition coefficient (Wildman–Crippen LogP) is 4.15. The van der Waals surface area contributed by atoms with Crippen molar-refractivity contribution in [2.45, 2.75) is 44.4 Å². The normalized spacial score (nSPS) is 18.6. The lowest BCUT2D eigenvalue weighted by molar-refractivity contribution is 0.619. The van der Waals surface area contributed by atoms with E-state index in [4.69, 9.17) is 0 Å². The van der Waals surface area contributed by atoms with E-state index in [-0.39, 0.29) is 0 Å². The average molecular weight is 269 g/mol. The first-order chi connectivity index (χ1) is 8.34. The minimum absolute atomic E-state index is 0.746. The minimum Gasteiger partial charge on any atom is -0.311 e. The van der Waals surface area contributed by atoms with Crippen molar-refractivity contribution in [3.05, 3.63) is 22.4 Å². The summed E-state index contributed by atoms with van der Waals surface area (Å²) in [4.78, 5) is 1.44. The number of nitrogens with one attached hydrogen (secondary N) is 1. The van der Waals surface area contributed by atoms with Gasteiger partial charge in [-0.2, -0.15) is 11.8 Å². The van der Waals surface area contributed by atoms with Crippen LogP contribution in [0.3, 0.4) is 0 Å². The van der Waals surface area contributed by atoms with Crippen molar-refractivity contribution in [3.8, 4) is 0 Å². The molecule has 1 unspecified atom stereocenters. The van der Waals surface area contributed by atoms with Crippen LogP contribution < -0.4 is 5.32 Å². The molecule has 1 saturated carbocycles. The third kappa shape index (κ3) is 5.02. The Morgan fingerprint density at radius 1 is 1.47 bits per heavy atom. The highest BCUT2D eigenvalue weighted by Gasteiger charge is 2.15. The quantitative estimate of drug-likeness (QED) is 0.798. The molecule has 96 valence electrons. The first-order valence-electron chi connectivity index (χ1n) is 6.69. The third-order valence-corrected chi connectivity index (χ3v) is 5.68. The number of thiophene rings is 1. The number of rotatable bonds is 7. The van der Waals surface area contributed by atoms with Gasteiger partial charge in [0.05, 0.1) is 0 Å². The molecule has 0 aliphatic heterocycles. The monoisotopic (exact) mass is 269 g/mol. The smallest absolute Gasteiger partial charge is 0.0300 e. The molecule has 1 fully saturated rings. The van der Waals surface area contributed by atoms with Crippen molar-refractivity contribution >= 4 is 23.1 Å². The highest BCUT2D eigenvalue weighted by molar-refractivity contribution is 7.99. The Hall–Kier alpha value is 0.01000. The zero-order valence-corrected chi connectivity index (χ0v) is 12.3. The largest absolute Gasteiger partial charge is 0.311 e. The molecular weight excluding hydrogens is 246 g/mol. The van der Waals surface area contributed by atoms with Crippen LogP contribution in [0.25, 0.3) is 0 Å². The fourth-order valence-corrected chi connectivity index (χ4v) is 4.19. The van der Waals surface area contributed by atoms with Gasteiger partial charge in [-0.1, -0.05) is 25.8 Å². The SMILES string of the molecule is CC(CNCc1cccs1)SCC1CCCC1. The summed E-state index contributed by atoms with van der Waals surface area (Å²) in [5.41, 5.74) is 0. The molecule has 0 aromatic carbocycles. The molecule has 1 heterocycles. The zero-order chi connectivity index (χ0) is 11.9. The molecule has 1 aromatic rings. The second-order valence-electron chi connectivity index (χ2n) is 5.00. The first-order valence-corrected chi connectivity index (χ1v) is 8.62. The second kappa shape index (κ2) is 7.45. The molecule has 1 aromatic heterocycles. The summed E-state index contributed by atoms with van der Waals surface area (Å²) in [6, 6.07) is 4.33. The fraction of sp³-hybridized carbons (Fsp3) is 0.714. The van der Waals surface area contributed by atoms with E-state index in [1.807, 2.05) is 11.3 Å². The Balaban J connectivity index is 1.52. The van der Waals surface area contributed by atoms with E-state index in [1.165, 1.54) is 36.3 Å².